The normalized spacial score (nSPS) is 12.8. The zero-order chi connectivity index (χ0) is 21.8. The number of amides is 1. The first-order valence-electron chi connectivity index (χ1n) is 9.89. The first-order chi connectivity index (χ1) is 15.0. The number of nitrogens with zero attached hydrogens (tertiary/aromatic N) is 2. The minimum absolute atomic E-state index is 0.321. The lowest BCUT2D eigenvalue weighted by Crippen LogP contribution is -2.42. The molecule has 1 fully saturated rings. The predicted molar refractivity (Wildman–Crippen MR) is 125 cm³/mol. The van der Waals surface area contributed by atoms with Crippen LogP contribution in [0.5, 0.6) is 0 Å². The van der Waals surface area contributed by atoms with Crippen molar-refractivity contribution in [1.29, 1.82) is 5.41 Å². The Kier molecular flexibility index (Phi) is 6.39. The molecular weight excluding hydrogens is 433 g/mol. The van der Waals surface area contributed by atoms with Gasteiger partial charge in [-0.05, 0) is 42.3 Å². The van der Waals surface area contributed by atoms with Crippen LogP contribution in [0.3, 0.4) is 0 Å². The van der Waals surface area contributed by atoms with Gasteiger partial charge in [-0.25, -0.2) is 4.98 Å². The zero-order valence-corrected chi connectivity index (χ0v) is 18.2. The highest BCUT2D eigenvalue weighted by molar-refractivity contribution is 6.31. The Morgan fingerprint density at radius 3 is 2.42 bits per heavy atom. The van der Waals surface area contributed by atoms with Crippen LogP contribution in [0, 0.1) is 5.41 Å². The first kappa shape index (κ1) is 21.2. The van der Waals surface area contributed by atoms with E-state index in [1.807, 2.05) is 24.3 Å². The molecule has 2 aromatic carbocycles. The number of likely N-dealkylation sites (tertiary alicyclic amines) is 1. The van der Waals surface area contributed by atoms with Gasteiger partial charge < -0.3 is 15.5 Å². The second-order valence-electron chi connectivity index (χ2n) is 7.25. The van der Waals surface area contributed by atoms with Gasteiger partial charge in [0.1, 0.15) is 11.7 Å². The van der Waals surface area contributed by atoms with Crippen molar-refractivity contribution in [1.82, 2.24) is 9.88 Å². The van der Waals surface area contributed by atoms with Crippen molar-refractivity contribution in [2.24, 2.45) is 0 Å². The number of nitrogens with one attached hydrogen (secondary N) is 3. The van der Waals surface area contributed by atoms with Gasteiger partial charge in [0.15, 0.2) is 0 Å². The van der Waals surface area contributed by atoms with Gasteiger partial charge in [-0.3, -0.25) is 10.2 Å². The van der Waals surface area contributed by atoms with Gasteiger partial charge in [-0.15, -0.1) is 0 Å². The summed E-state index contributed by atoms with van der Waals surface area (Å²) < 4.78 is 0. The van der Waals surface area contributed by atoms with E-state index in [2.05, 4.69) is 20.5 Å². The van der Waals surface area contributed by atoms with E-state index in [4.69, 9.17) is 28.6 Å². The van der Waals surface area contributed by atoms with Crippen molar-refractivity contribution in [3.63, 3.8) is 0 Å². The molecule has 6 nitrogen and oxygen atoms in total. The highest BCUT2D eigenvalue weighted by Crippen LogP contribution is 2.23. The lowest BCUT2D eigenvalue weighted by atomic mass is 10.1. The number of aromatic nitrogens is 1. The molecule has 0 atom stereocenters. The molecule has 1 aliphatic heterocycles. The van der Waals surface area contributed by atoms with Crippen LogP contribution in [0.25, 0.3) is 0 Å². The van der Waals surface area contributed by atoms with Gasteiger partial charge >= 0.3 is 0 Å². The molecule has 1 aliphatic rings. The Morgan fingerprint density at radius 2 is 1.77 bits per heavy atom. The van der Waals surface area contributed by atoms with Crippen LogP contribution in [0.15, 0.2) is 60.8 Å². The standard InChI is InChI=1S/C23H21Cl2N5O/c24-17-6-8-20(19(12-17)23(31)29-21-9-7-18(25)14-28-21)27-13-15-2-4-16(5-3-15)22(26)30-10-1-11-30/h2-9,12,14,26-27H,1,10-11,13H2,(H,28,29,31). The maximum atomic E-state index is 12.8. The van der Waals surface area contributed by atoms with Gasteiger partial charge in [0.2, 0.25) is 0 Å². The molecule has 0 unspecified atom stereocenters. The molecule has 1 aromatic heterocycles. The maximum absolute atomic E-state index is 12.8. The van der Waals surface area contributed by atoms with E-state index < -0.39 is 0 Å². The van der Waals surface area contributed by atoms with E-state index in [0.717, 1.165) is 30.6 Å². The number of rotatable bonds is 6. The summed E-state index contributed by atoms with van der Waals surface area (Å²) in [6, 6.07) is 16.3. The Balaban J connectivity index is 1.44. The molecule has 2 heterocycles. The molecular formula is C23H21Cl2N5O. The van der Waals surface area contributed by atoms with Crippen molar-refractivity contribution < 1.29 is 4.79 Å². The zero-order valence-electron chi connectivity index (χ0n) is 16.7. The van der Waals surface area contributed by atoms with Crippen molar-refractivity contribution in [2.45, 2.75) is 13.0 Å². The number of pyridine rings is 1. The van der Waals surface area contributed by atoms with E-state index in [0.29, 0.717) is 39.5 Å². The molecule has 0 saturated carbocycles. The van der Waals surface area contributed by atoms with Gasteiger partial charge in [0.05, 0.1) is 10.6 Å². The molecule has 31 heavy (non-hydrogen) atoms. The number of anilines is 2. The van der Waals surface area contributed by atoms with Crippen LogP contribution < -0.4 is 10.6 Å². The van der Waals surface area contributed by atoms with Gasteiger partial charge in [-0.2, -0.15) is 0 Å². The number of halogens is 2. The third-order valence-electron chi connectivity index (χ3n) is 5.08. The summed E-state index contributed by atoms with van der Waals surface area (Å²) in [7, 11) is 0. The number of hydrogen-bond acceptors (Lipinski definition) is 4. The van der Waals surface area contributed by atoms with Crippen LogP contribution in [0.2, 0.25) is 10.0 Å². The SMILES string of the molecule is N=C(c1ccc(CNc2ccc(Cl)cc2C(=O)Nc2ccc(Cl)cn2)cc1)N1CCC1. The Bertz CT molecular complexity index is 1100. The lowest BCUT2D eigenvalue weighted by molar-refractivity contribution is 0.102. The minimum Gasteiger partial charge on any atom is -0.380 e. The fourth-order valence-corrected chi connectivity index (χ4v) is 3.48. The molecule has 1 amide bonds. The second kappa shape index (κ2) is 9.37. The van der Waals surface area contributed by atoms with Crippen molar-refractivity contribution in [2.75, 3.05) is 23.7 Å². The van der Waals surface area contributed by atoms with Crippen molar-refractivity contribution >= 4 is 46.4 Å². The van der Waals surface area contributed by atoms with Gasteiger partial charge in [0.25, 0.3) is 5.91 Å². The number of carbonyl (C=O) groups excluding carboxylic acids is 1. The van der Waals surface area contributed by atoms with Crippen molar-refractivity contribution in [3.8, 4) is 0 Å². The predicted octanol–water partition coefficient (Wildman–Crippen LogP) is 5.28. The number of benzene rings is 2. The summed E-state index contributed by atoms with van der Waals surface area (Å²) in [5.74, 6) is 0.650. The van der Waals surface area contributed by atoms with Crippen LogP contribution >= 0.6 is 23.2 Å². The number of hydrogen-bond donors (Lipinski definition) is 3. The topological polar surface area (TPSA) is 81.1 Å². The fraction of sp³-hybridized carbons (Fsp3) is 0.174. The second-order valence-corrected chi connectivity index (χ2v) is 8.12. The van der Waals surface area contributed by atoms with Crippen molar-refractivity contribution in [3.05, 3.63) is 87.5 Å². The Hall–Kier alpha value is -3.09. The van der Waals surface area contributed by atoms with E-state index >= 15 is 0 Å². The molecule has 0 bridgehead atoms. The van der Waals surface area contributed by atoms with Crippen LogP contribution in [0.4, 0.5) is 11.5 Å². The highest BCUT2D eigenvalue weighted by atomic mass is 35.5. The fourth-order valence-electron chi connectivity index (χ4n) is 3.19. The smallest absolute Gasteiger partial charge is 0.258 e. The number of carbonyl (C=O) groups is 1. The molecule has 158 valence electrons. The third kappa shape index (κ3) is 5.16. The molecule has 0 spiro atoms. The van der Waals surface area contributed by atoms with Gasteiger partial charge in [-0.1, -0.05) is 47.5 Å². The first-order valence-corrected chi connectivity index (χ1v) is 10.6. The molecule has 8 heteroatoms. The molecule has 3 aromatic rings. The maximum Gasteiger partial charge on any atom is 0.258 e. The molecule has 0 radical (unpaired) electrons. The molecule has 1 saturated heterocycles. The monoisotopic (exact) mass is 453 g/mol. The summed E-state index contributed by atoms with van der Waals surface area (Å²) in [6.45, 7) is 2.43. The Labute approximate surface area is 190 Å². The molecule has 4 rings (SSSR count). The van der Waals surface area contributed by atoms with E-state index in [1.54, 1.807) is 30.3 Å². The van der Waals surface area contributed by atoms with Crippen LogP contribution in [-0.4, -0.2) is 34.7 Å². The average molecular weight is 454 g/mol. The summed E-state index contributed by atoms with van der Waals surface area (Å²) >= 11 is 12.0. The van der Waals surface area contributed by atoms with E-state index in [-0.39, 0.29) is 5.91 Å². The molecule has 3 N–H and O–H groups in total. The Morgan fingerprint density at radius 1 is 1.03 bits per heavy atom. The molecule has 0 aliphatic carbocycles. The third-order valence-corrected chi connectivity index (χ3v) is 5.54. The van der Waals surface area contributed by atoms with Gasteiger partial charge in [0, 0.05) is 42.1 Å². The average Bonchev–Trinajstić information content (AvgIpc) is 2.73. The van der Waals surface area contributed by atoms with E-state index in [1.165, 1.54) is 6.20 Å². The van der Waals surface area contributed by atoms with Crippen LogP contribution in [0.1, 0.15) is 27.9 Å². The lowest BCUT2D eigenvalue weighted by Gasteiger charge is -2.33. The summed E-state index contributed by atoms with van der Waals surface area (Å²) in [4.78, 5) is 18.9. The van der Waals surface area contributed by atoms with Crippen LogP contribution in [-0.2, 0) is 6.54 Å². The quantitative estimate of drug-likeness (QED) is 0.350. The van der Waals surface area contributed by atoms with E-state index in [9.17, 15) is 4.79 Å². The number of amidine groups is 1. The highest BCUT2D eigenvalue weighted by Gasteiger charge is 2.18. The largest absolute Gasteiger partial charge is 0.380 e. The summed E-state index contributed by atoms with van der Waals surface area (Å²) in [6.07, 6.45) is 2.62. The summed E-state index contributed by atoms with van der Waals surface area (Å²) in [5.41, 5.74) is 3.03. The summed E-state index contributed by atoms with van der Waals surface area (Å²) in [5, 5.41) is 15.3. The minimum atomic E-state index is -0.321.